The molecule has 0 saturated carbocycles. The largest absolute Gasteiger partial charge is 0.394 e. The monoisotopic (exact) mass is 177 g/mol. The lowest BCUT2D eigenvalue weighted by atomic mass is 10.3. The summed E-state index contributed by atoms with van der Waals surface area (Å²) in [6.45, 7) is 0.666. The molecule has 72 valence electrons. The highest BCUT2D eigenvalue weighted by Gasteiger charge is 2.00. The van der Waals surface area contributed by atoms with Crippen molar-refractivity contribution in [3.8, 4) is 0 Å². The van der Waals surface area contributed by atoms with Crippen LogP contribution in [-0.2, 0) is 4.74 Å². The Morgan fingerprint density at radius 1 is 1.42 bits per heavy atom. The summed E-state index contributed by atoms with van der Waals surface area (Å²) in [7, 11) is 0. The van der Waals surface area contributed by atoms with Crippen molar-refractivity contribution in [2.24, 2.45) is 5.18 Å². The van der Waals surface area contributed by atoms with Gasteiger partial charge in [-0.15, -0.1) is 0 Å². The average Bonchev–Trinajstić information content (AvgIpc) is 2.10. The van der Waals surface area contributed by atoms with Crippen molar-refractivity contribution in [1.29, 1.82) is 0 Å². The van der Waals surface area contributed by atoms with E-state index in [0.29, 0.717) is 19.6 Å². The number of ether oxygens (including phenoxy) is 1. The maximum absolute atomic E-state index is 9.63. The summed E-state index contributed by atoms with van der Waals surface area (Å²) in [5.41, 5.74) is 0. The molecule has 1 atom stereocenters. The predicted octanol–water partition coefficient (Wildman–Crippen LogP) is -0.0972. The second kappa shape index (κ2) is 8.58. The number of nitrogens with zero attached hydrogens (tertiary/aromatic N) is 1. The molecule has 0 radical (unpaired) electrons. The van der Waals surface area contributed by atoms with Crippen LogP contribution in [0.5, 0.6) is 0 Å². The highest BCUT2D eigenvalue weighted by atomic mass is 16.5. The first-order valence-electron chi connectivity index (χ1n) is 3.97. The number of aliphatic hydroxyl groups is 2. The van der Waals surface area contributed by atoms with E-state index in [4.69, 9.17) is 14.9 Å². The third-order valence-electron chi connectivity index (χ3n) is 1.31. The zero-order valence-corrected chi connectivity index (χ0v) is 6.98. The molecule has 0 aromatic rings. The number of aliphatic hydroxyl groups excluding tert-OH is 2. The van der Waals surface area contributed by atoms with Crippen molar-refractivity contribution >= 4 is 0 Å². The van der Waals surface area contributed by atoms with E-state index in [9.17, 15) is 4.91 Å². The topological polar surface area (TPSA) is 79.1 Å². The number of unbranched alkanes of at least 4 members (excludes halogenated alkanes) is 1. The summed E-state index contributed by atoms with van der Waals surface area (Å²) in [5.74, 6) is 0. The zero-order valence-electron chi connectivity index (χ0n) is 6.98. The van der Waals surface area contributed by atoms with Crippen LogP contribution in [-0.4, -0.2) is 42.7 Å². The van der Waals surface area contributed by atoms with Gasteiger partial charge in [0.25, 0.3) is 0 Å². The van der Waals surface area contributed by atoms with Gasteiger partial charge in [0.2, 0.25) is 0 Å². The smallest absolute Gasteiger partial charge is 0.100 e. The van der Waals surface area contributed by atoms with E-state index < -0.39 is 6.10 Å². The summed E-state index contributed by atoms with van der Waals surface area (Å²) in [5, 5.41) is 19.9. The minimum atomic E-state index is -0.797. The Morgan fingerprint density at radius 3 is 2.75 bits per heavy atom. The van der Waals surface area contributed by atoms with E-state index in [1.807, 2.05) is 0 Å². The Morgan fingerprint density at radius 2 is 2.17 bits per heavy atom. The minimum absolute atomic E-state index is 0.144. The van der Waals surface area contributed by atoms with Crippen LogP contribution in [0.2, 0.25) is 0 Å². The molecule has 0 aromatic carbocycles. The van der Waals surface area contributed by atoms with Gasteiger partial charge in [0.1, 0.15) is 6.10 Å². The number of hydrogen-bond donors (Lipinski definition) is 2. The maximum atomic E-state index is 9.63. The average molecular weight is 177 g/mol. The molecule has 0 aromatic heterocycles. The van der Waals surface area contributed by atoms with Crippen molar-refractivity contribution in [3.63, 3.8) is 0 Å². The number of rotatable bonds is 8. The predicted molar refractivity (Wildman–Crippen MR) is 43.8 cm³/mol. The van der Waals surface area contributed by atoms with Crippen molar-refractivity contribution in [2.45, 2.75) is 18.9 Å². The van der Waals surface area contributed by atoms with Crippen molar-refractivity contribution in [1.82, 2.24) is 0 Å². The first-order valence-corrected chi connectivity index (χ1v) is 3.97. The number of hydrogen-bond acceptors (Lipinski definition) is 5. The fourth-order valence-electron chi connectivity index (χ4n) is 0.653. The van der Waals surface area contributed by atoms with E-state index in [1.54, 1.807) is 0 Å². The van der Waals surface area contributed by atoms with E-state index in [2.05, 4.69) is 5.18 Å². The molecule has 0 saturated heterocycles. The Labute approximate surface area is 71.3 Å². The van der Waals surface area contributed by atoms with E-state index >= 15 is 0 Å². The van der Waals surface area contributed by atoms with Crippen LogP contribution in [0.15, 0.2) is 5.18 Å². The zero-order chi connectivity index (χ0) is 9.23. The Hall–Kier alpha value is -0.520. The Bertz CT molecular complexity index is 110. The number of nitroso groups, excluding NO2 is 1. The van der Waals surface area contributed by atoms with Gasteiger partial charge >= 0.3 is 0 Å². The molecule has 0 aliphatic rings. The second-order valence-corrected chi connectivity index (χ2v) is 2.47. The van der Waals surface area contributed by atoms with Gasteiger partial charge in [-0.05, 0) is 12.8 Å². The first kappa shape index (κ1) is 11.5. The summed E-state index contributed by atoms with van der Waals surface area (Å²) >= 11 is 0. The van der Waals surface area contributed by atoms with Gasteiger partial charge in [0, 0.05) is 6.61 Å². The quantitative estimate of drug-likeness (QED) is 0.401. The molecule has 1 unspecified atom stereocenters. The van der Waals surface area contributed by atoms with E-state index in [0.717, 1.165) is 6.42 Å². The molecule has 0 aliphatic heterocycles. The molecule has 2 N–H and O–H groups in total. The summed E-state index contributed by atoms with van der Waals surface area (Å²) in [6.07, 6.45) is 0.664. The lowest BCUT2D eigenvalue weighted by Gasteiger charge is -2.06. The minimum Gasteiger partial charge on any atom is -0.394 e. The van der Waals surface area contributed by atoms with E-state index in [-0.39, 0.29) is 13.2 Å². The maximum Gasteiger partial charge on any atom is 0.100 e. The van der Waals surface area contributed by atoms with Crippen LogP contribution in [0, 0.1) is 4.91 Å². The molecule has 5 heteroatoms. The van der Waals surface area contributed by atoms with Gasteiger partial charge in [-0.25, -0.2) is 0 Å². The standard InChI is InChI=1S/C7H15NO4/c9-5-7(10)6-12-4-2-1-3-8-11/h7,9-10H,1-6H2. The van der Waals surface area contributed by atoms with Gasteiger partial charge in [0.15, 0.2) is 0 Å². The fourth-order valence-corrected chi connectivity index (χ4v) is 0.653. The first-order chi connectivity index (χ1) is 5.81. The molecule has 0 spiro atoms. The molecular weight excluding hydrogens is 162 g/mol. The van der Waals surface area contributed by atoms with Crippen molar-refractivity contribution in [3.05, 3.63) is 4.91 Å². The third kappa shape index (κ3) is 7.59. The summed E-state index contributed by atoms with van der Waals surface area (Å²) in [6, 6.07) is 0. The lowest BCUT2D eigenvalue weighted by molar-refractivity contribution is 0.00547. The second-order valence-electron chi connectivity index (χ2n) is 2.47. The van der Waals surface area contributed by atoms with Gasteiger partial charge in [0.05, 0.1) is 19.8 Å². The van der Waals surface area contributed by atoms with Crippen LogP contribution >= 0.6 is 0 Å². The molecule has 0 bridgehead atoms. The molecular formula is C7H15NO4. The summed E-state index contributed by atoms with van der Waals surface area (Å²) < 4.78 is 4.98. The van der Waals surface area contributed by atoms with Crippen molar-refractivity contribution in [2.75, 3.05) is 26.4 Å². The molecule has 0 fully saturated rings. The SMILES string of the molecule is O=NCCCCOCC(O)CO. The van der Waals surface area contributed by atoms with E-state index in [1.165, 1.54) is 0 Å². The molecule has 5 nitrogen and oxygen atoms in total. The van der Waals surface area contributed by atoms with Gasteiger partial charge in [-0.1, -0.05) is 5.18 Å². The van der Waals surface area contributed by atoms with Gasteiger partial charge < -0.3 is 14.9 Å². The fraction of sp³-hybridized carbons (Fsp3) is 1.00. The van der Waals surface area contributed by atoms with Crippen molar-refractivity contribution < 1.29 is 14.9 Å². The van der Waals surface area contributed by atoms with Crippen LogP contribution in [0.4, 0.5) is 0 Å². The summed E-state index contributed by atoms with van der Waals surface area (Å²) in [4.78, 5) is 9.63. The molecule has 0 heterocycles. The van der Waals surface area contributed by atoms with Crippen LogP contribution in [0.25, 0.3) is 0 Å². The van der Waals surface area contributed by atoms with Gasteiger partial charge in [-0.2, -0.15) is 4.91 Å². The lowest BCUT2D eigenvalue weighted by Crippen LogP contribution is -2.19. The Kier molecular flexibility index (Phi) is 8.20. The molecule has 0 aliphatic carbocycles. The Balaban J connectivity index is 2.95. The normalized spacial score (nSPS) is 12.8. The highest BCUT2D eigenvalue weighted by molar-refractivity contribution is 4.49. The van der Waals surface area contributed by atoms with Crippen LogP contribution in [0.3, 0.4) is 0 Å². The molecule has 0 amide bonds. The van der Waals surface area contributed by atoms with Crippen LogP contribution < -0.4 is 0 Å². The third-order valence-corrected chi connectivity index (χ3v) is 1.31. The molecule has 12 heavy (non-hydrogen) atoms. The van der Waals surface area contributed by atoms with Gasteiger partial charge in [-0.3, -0.25) is 0 Å². The van der Waals surface area contributed by atoms with Crippen LogP contribution in [0.1, 0.15) is 12.8 Å². The highest BCUT2D eigenvalue weighted by Crippen LogP contribution is 1.91. The molecule has 0 rings (SSSR count).